The standard InChI is InChI=1S/C22H24F3N5O.C21H14N4O/c1-30-10-7-15(8-11-30)14-2-4-17(5-3-14)28-20-19-16(6-9-26-21(19)31)12-18(29-20)27-13-22(23,24)25;22-12-14-5-4-6-15(11-14)18-13-24-20(25-16-7-2-1-3-8-16)19-17(18)9-10-23-21(19)26/h2-6,9,12,15H,7-8,10-11,13H2,1H3,(H,26,31)(H2,27,28,29);1-11,13H,(H,23,26)(H,24,25). The summed E-state index contributed by atoms with van der Waals surface area (Å²) in [7, 11) is 2.12. The van der Waals surface area contributed by atoms with E-state index >= 15 is 0 Å². The van der Waals surface area contributed by atoms with Gasteiger partial charge in [0.2, 0.25) is 0 Å². The smallest absolute Gasteiger partial charge is 0.361 e. The fraction of sp³-hybridized carbons (Fsp3) is 0.186. The highest BCUT2D eigenvalue weighted by Gasteiger charge is 2.27. The van der Waals surface area contributed by atoms with E-state index in [1.54, 1.807) is 30.6 Å². The third kappa shape index (κ3) is 9.29. The molecular formula is C43H38F3N9O2. The molecule has 57 heavy (non-hydrogen) atoms. The lowest BCUT2D eigenvalue weighted by Gasteiger charge is -2.29. The number of nitrogens with zero attached hydrogens (tertiary/aromatic N) is 4. The number of nitriles is 1. The fourth-order valence-corrected chi connectivity index (χ4v) is 6.84. The molecule has 288 valence electrons. The molecule has 0 bridgehead atoms. The van der Waals surface area contributed by atoms with Crippen LogP contribution in [-0.2, 0) is 0 Å². The Morgan fingerprint density at radius 1 is 0.825 bits per heavy atom. The van der Waals surface area contributed by atoms with Crippen LogP contribution in [0.3, 0.4) is 0 Å². The van der Waals surface area contributed by atoms with Crippen molar-refractivity contribution in [1.82, 2.24) is 24.8 Å². The number of alkyl halides is 3. The molecule has 1 aliphatic heterocycles. The highest BCUT2D eigenvalue weighted by molar-refractivity contribution is 6.02. The number of hydrogen-bond donors (Lipinski definition) is 5. The molecule has 8 rings (SSSR count). The van der Waals surface area contributed by atoms with Crippen molar-refractivity contribution in [2.24, 2.45) is 0 Å². The Bertz CT molecular complexity index is 2670. The van der Waals surface area contributed by atoms with E-state index < -0.39 is 12.7 Å². The van der Waals surface area contributed by atoms with Gasteiger partial charge in [0.25, 0.3) is 11.1 Å². The van der Waals surface area contributed by atoms with Crippen LogP contribution in [0.2, 0.25) is 0 Å². The zero-order valence-electron chi connectivity index (χ0n) is 30.8. The van der Waals surface area contributed by atoms with Gasteiger partial charge < -0.3 is 30.8 Å². The van der Waals surface area contributed by atoms with Gasteiger partial charge in [0.1, 0.15) is 24.0 Å². The van der Waals surface area contributed by atoms with Crippen molar-refractivity contribution < 1.29 is 13.2 Å². The fourth-order valence-electron chi connectivity index (χ4n) is 6.84. The van der Waals surface area contributed by atoms with E-state index in [-0.39, 0.29) is 22.8 Å². The van der Waals surface area contributed by atoms with Gasteiger partial charge in [-0.2, -0.15) is 18.4 Å². The van der Waals surface area contributed by atoms with Gasteiger partial charge in [-0.3, -0.25) is 9.59 Å². The Kier molecular flexibility index (Phi) is 11.3. The summed E-state index contributed by atoms with van der Waals surface area (Å²) in [5.41, 5.74) is 4.46. The molecule has 5 heterocycles. The van der Waals surface area contributed by atoms with E-state index in [1.807, 2.05) is 60.7 Å². The average Bonchev–Trinajstić information content (AvgIpc) is 3.21. The third-order valence-electron chi connectivity index (χ3n) is 9.74. The summed E-state index contributed by atoms with van der Waals surface area (Å²) in [6.07, 6.45) is 2.65. The van der Waals surface area contributed by atoms with Crippen molar-refractivity contribution in [3.05, 3.63) is 147 Å². The molecule has 0 saturated carbocycles. The molecule has 1 aliphatic rings. The van der Waals surface area contributed by atoms with Crippen LogP contribution in [0.4, 0.5) is 42.0 Å². The van der Waals surface area contributed by atoms with Crippen LogP contribution in [0.5, 0.6) is 0 Å². The van der Waals surface area contributed by atoms with E-state index in [0.29, 0.717) is 39.1 Å². The number of likely N-dealkylation sites (tertiary alicyclic amines) is 1. The van der Waals surface area contributed by atoms with Gasteiger partial charge in [0.15, 0.2) is 0 Å². The van der Waals surface area contributed by atoms with Crippen molar-refractivity contribution in [2.75, 3.05) is 42.6 Å². The number of benzene rings is 3. The summed E-state index contributed by atoms with van der Waals surface area (Å²) in [5.74, 6) is 1.26. The minimum Gasteiger partial charge on any atom is -0.361 e. The maximum atomic E-state index is 12.6. The summed E-state index contributed by atoms with van der Waals surface area (Å²) < 4.78 is 37.8. The van der Waals surface area contributed by atoms with E-state index in [2.05, 4.69) is 66.0 Å². The Hall–Kier alpha value is -6.98. The number of fused-ring (bicyclic) bond motifs is 2. The second kappa shape index (κ2) is 16.8. The molecule has 0 amide bonds. The maximum Gasteiger partial charge on any atom is 0.405 e. The van der Waals surface area contributed by atoms with Crippen molar-refractivity contribution in [1.29, 1.82) is 5.26 Å². The first kappa shape index (κ1) is 38.3. The lowest BCUT2D eigenvalue weighted by atomic mass is 9.89. The summed E-state index contributed by atoms with van der Waals surface area (Å²) >= 11 is 0. The SMILES string of the molecule is CN1CCC(c2ccc(Nc3nc(NCC(F)(F)F)cc4cc[nH]c(=O)c34)cc2)CC1.N#Cc1cccc(-c2cnc(Nc3ccccc3)c3c(=O)[nH]ccc23)c1. The molecule has 14 heteroatoms. The molecule has 0 radical (unpaired) electrons. The molecule has 1 saturated heterocycles. The van der Waals surface area contributed by atoms with E-state index in [0.717, 1.165) is 48.1 Å². The van der Waals surface area contributed by atoms with Crippen molar-refractivity contribution in [3.8, 4) is 17.2 Å². The van der Waals surface area contributed by atoms with Gasteiger partial charge in [0, 0.05) is 40.9 Å². The molecule has 0 aliphatic carbocycles. The Balaban J connectivity index is 0.000000177. The second-order valence-electron chi connectivity index (χ2n) is 13.7. The van der Waals surface area contributed by atoms with Gasteiger partial charge >= 0.3 is 6.18 Å². The number of nitrogens with one attached hydrogen (secondary N) is 5. The van der Waals surface area contributed by atoms with Gasteiger partial charge in [-0.05, 0) is 110 Å². The van der Waals surface area contributed by atoms with Gasteiger partial charge in [-0.15, -0.1) is 0 Å². The minimum atomic E-state index is -4.37. The average molecular weight is 770 g/mol. The van der Waals surface area contributed by atoms with Crippen LogP contribution in [0.25, 0.3) is 32.7 Å². The molecule has 0 atom stereocenters. The normalized spacial score (nSPS) is 13.4. The van der Waals surface area contributed by atoms with Crippen LogP contribution in [0.15, 0.2) is 125 Å². The molecular weight excluding hydrogens is 732 g/mol. The first-order valence-electron chi connectivity index (χ1n) is 18.3. The number of para-hydroxylation sites is 1. The van der Waals surface area contributed by atoms with Crippen LogP contribution >= 0.6 is 0 Å². The number of piperidine rings is 1. The summed E-state index contributed by atoms with van der Waals surface area (Å²) in [4.78, 5) is 41.2. The lowest BCUT2D eigenvalue weighted by Crippen LogP contribution is -2.29. The minimum absolute atomic E-state index is 0.0425. The molecule has 11 nitrogen and oxygen atoms in total. The first-order valence-corrected chi connectivity index (χ1v) is 18.3. The van der Waals surface area contributed by atoms with E-state index in [4.69, 9.17) is 5.26 Å². The number of aromatic nitrogens is 4. The molecule has 7 aromatic rings. The quantitative estimate of drug-likeness (QED) is 0.102. The highest BCUT2D eigenvalue weighted by atomic mass is 19.4. The number of aromatic amines is 2. The third-order valence-corrected chi connectivity index (χ3v) is 9.74. The lowest BCUT2D eigenvalue weighted by molar-refractivity contribution is -0.115. The largest absolute Gasteiger partial charge is 0.405 e. The molecule has 0 unspecified atom stereocenters. The predicted molar refractivity (Wildman–Crippen MR) is 218 cm³/mol. The predicted octanol–water partition coefficient (Wildman–Crippen LogP) is 8.66. The van der Waals surface area contributed by atoms with Crippen molar-refractivity contribution >= 4 is 50.4 Å². The van der Waals surface area contributed by atoms with Gasteiger partial charge in [0.05, 0.1) is 22.4 Å². The van der Waals surface area contributed by atoms with E-state index in [9.17, 15) is 22.8 Å². The number of rotatable bonds is 8. The van der Waals surface area contributed by atoms with E-state index in [1.165, 1.54) is 17.8 Å². The monoisotopic (exact) mass is 769 g/mol. The van der Waals surface area contributed by atoms with Crippen LogP contribution in [0, 0.1) is 11.3 Å². The number of anilines is 5. The Morgan fingerprint density at radius 3 is 2.23 bits per heavy atom. The zero-order valence-corrected chi connectivity index (χ0v) is 30.8. The summed E-state index contributed by atoms with van der Waals surface area (Å²) in [6, 6.07) is 31.8. The maximum absolute atomic E-state index is 12.6. The highest BCUT2D eigenvalue weighted by Crippen LogP contribution is 2.32. The number of halogens is 3. The second-order valence-corrected chi connectivity index (χ2v) is 13.7. The molecule has 0 spiro atoms. The van der Waals surface area contributed by atoms with Gasteiger partial charge in [-0.25, -0.2) is 9.97 Å². The van der Waals surface area contributed by atoms with Gasteiger partial charge in [-0.1, -0.05) is 42.5 Å². The molecule has 5 N–H and O–H groups in total. The molecule has 4 aromatic heterocycles. The van der Waals surface area contributed by atoms with Crippen LogP contribution in [0.1, 0.15) is 29.9 Å². The number of H-pyrrole nitrogens is 2. The topological polar surface area (TPSA) is 155 Å². The Morgan fingerprint density at radius 2 is 1.51 bits per heavy atom. The first-order chi connectivity index (χ1) is 27.5. The van der Waals surface area contributed by atoms with Crippen molar-refractivity contribution in [2.45, 2.75) is 24.9 Å². The van der Waals surface area contributed by atoms with Crippen molar-refractivity contribution in [3.63, 3.8) is 0 Å². The molecule has 3 aromatic carbocycles. The number of pyridine rings is 4. The van der Waals surface area contributed by atoms with Crippen LogP contribution in [-0.4, -0.2) is 57.7 Å². The summed E-state index contributed by atoms with van der Waals surface area (Å²) in [6.45, 7) is 0.932. The van der Waals surface area contributed by atoms with Crippen LogP contribution < -0.4 is 27.1 Å². The zero-order chi connectivity index (χ0) is 39.9. The Labute approximate surface area is 325 Å². The molecule has 1 fully saturated rings. The number of hydrogen-bond acceptors (Lipinski definition) is 9. The summed E-state index contributed by atoms with van der Waals surface area (Å²) in [5, 5.41) is 19.8.